The Morgan fingerprint density at radius 1 is 1.19 bits per heavy atom. The summed E-state index contributed by atoms with van der Waals surface area (Å²) in [5.74, 6) is 0.895. The zero-order valence-electron chi connectivity index (χ0n) is 12.4. The molecule has 0 heterocycles. The van der Waals surface area contributed by atoms with Gasteiger partial charge in [-0.1, -0.05) is 24.6 Å². The van der Waals surface area contributed by atoms with Crippen molar-refractivity contribution in [1.82, 2.24) is 5.32 Å². The quantitative estimate of drug-likeness (QED) is 0.814. The second-order valence-electron chi connectivity index (χ2n) is 5.00. The molecule has 0 aliphatic rings. The van der Waals surface area contributed by atoms with Gasteiger partial charge in [-0.25, -0.2) is 4.39 Å². The van der Waals surface area contributed by atoms with Crippen molar-refractivity contribution in [3.63, 3.8) is 0 Å². The normalized spacial score (nSPS) is 12.2. The molecule has 21 heavy (non-hydrogen) atoms. The molecule has 0 saturated carbocycles. The maximum atomic E-state index is 13.5. The van der Waals surface area contributed by atoms with Crippen molar-refractivity contribution >= 4 is 11.6 Å². The van der Waals surface area contributed by atoms with Crippen molar-refractivity contribution in [1.29, 1.82) is 0 Å². The lowest BCUT2D eigenvalue weighted by Crippen LogP contribution is -2.18. The molecular formula is C17H19ClFNO. The Kier molecular flexibility index (Phi) is 5.21. The molecule has 0 amide bonds. The van der Waals surface area contributed by atoms with Crippen LogP contribution in [0.5, 0.6) is 11.5 Å². The van der Waals surface area contributed by atoms with Crippen LogP contribution in [0.15, 0.2) is 36.4 Å². The van der Waals surface area contributed by atoms with Gasteiger partial charge in [0.25, 0.3) is 0 Å². The van der Waals surface area contributed by atoms with Crippen LogP contribution in [0.1, 0.15) is 31.0 Å². The number of hydrogen-bond acceptors (Lipinski definition) is 2. The first-order valence-electron chi connectivity index (χ1n) is 6.98. The third-order valence-corrected chi connectivity index (χ3v) is 3.55. The van der Waals surface area contributed by atoms with Crippen molar-refractivity contribution in [3.05, 3.63) is 58.4 Å². The highest BCUT2D eigenvalue weighted by molar-refractivity contribution is 6.32. The standard InChI is InChI=1S/C17H19ClFNO/c1-4-20-12(3)14-10-13(19)6-8-16(14)21-17-7-5-11(2)9-15(17)18/h5-10,12,20H,4H2,1-3H3. The number of nitrogens with one attached hydrogen (secondary N) is 1. The largest absolute Gasteiger partial charge is 0.455 e. The van der Waals surface area contributed by atoms with Crippen LogP contribution in [0.2, 0.25) is 5.02 Å². The maximum Gasteiger partial charge on any atom is 0.146 e. The average Bonchev–Trinajstić information content (AvgIpc) is 2.43. The topological polar surface area (TPSA) is 21.3 Å². The molecule has 0 bridgehead atoms. The third kappa shape index (κ3) is 3.96. The van der Waals surface area contributed by atoms with Gasteiger partial charge in [0.05, 0.1) is 5.02 Å². The summed E-state index contributed by atoms with van der Waals surface area (Å²) in [5, 5.41) is 3.80. The molecule has 0 fully saturated rings. The van der Waals surface area contributed by atoms with Gasteiger partial charge in [-0.3, -0.25) is 0 Å². The van der Waals surface area contributed by atoms with Crippen LogP contribution in [0.4, 0.5) is 4.39 Å². The molecule has 1 atom stereocenters. The van der Waals surface area contributed by atoms with Gasteiger partial charge in [0.15, 0.2) is 0 Å². The Balaban J connectivity index is 2.34. The highest BCUT2D eigenvalue weighted by Crippen LogP contribution is 2.34. The molecule has 2 nitrogen and oxygen atoms in total. The predicted octanol–water partition coefficient (Wildman–Crippen LogP) is 5.25. The van der Waals surface area contributed by atoms with Crippen LogP contribution in [0.3, 0.4) is 0 Å². The van der Waals surface area contributed by atoms with E-state index in [9.17, 15) is 4.39 Å². The molecule has 0 spiro atoms. The van der Waals surface area contributed by atoms with Crippen LogP contribution < -0.4 is 10.1 Å². The van der Waals surface area contributed by atoms with Crippen LogP contribution in [0.25, 0.3) is 0 Å². The van der Waals surface area contributed by atoms with Gasteiger partial charge in [-0.05, 0) is 56.3 Å². The number of halogens is 2. The summed E-state index contributed by atoms with van der Waals surface area (Å²) in [6.07, 6.45) is 0. The Hall–Kier alpha value is -1.58. The van der Waals surface area contributed by atoms with Gasteiger partial charge < -0.3 is 10.1 Å². The molecule has 0 aliphatic carbocycles. The minimum atomic E-state index is -0.280. The molecule has 1 N–H and O–H groups in total. The van der Waals surface area contributed by atoms with Crippen LogP contribution >= 0.6 is 11.6 Å². The van der Waals surface area contributed by atoms with E-state index in [0.717, 1.165) is 17.7 Å². The molecule has 0 radical (unpaired) electrons. The lowest BCUT2D eigenvalue weighted by molar-refractivity contribution is 0.460. The zero-order chi connectivity index (χ0) is 15.4. The summed E-state index contributed by atoms with van der Waals surface area (Å²) in [4.78, 5) is 0. The van der Waals surface area contributed by atoms with Gasteiger partial charge in [0, 0.05) is 11.6 Å². The smallest absolute Gasteiger partial charge is 0.146 e. The maximum absolute atomic E-state index is 13.5. The highest BCUT2D eigenvalue weighted by atomic mass is 35.5. The Morgan fingerprint density at radius 3 is 2.57 bits per heavy atom. The molecule has 0 aromatic heterocycles. The van der Waals surface area contributed by atoms with Crippen molar-refractivity contribution < 1.29 is 9.13 Å². The molecule has 0 saturated heterocycles. The van der Waals surface area contributed by atoms with Crippen molar-refractivity contribution in [3.8, 4) is 11.5 Å². The van der Waals surface area contributed by atoms with Crippen LogP contribution in [0, 0.1) is 12.7 Å². The SMILES string of the molecule is CCNC(C)c1cc(F)ccc1Oc1ccc(C)cc1Cl. The molecule has 2 rings (SSSR count). The van der Waals surface area contributed by atoms with E-state index in [0.29, 0.717) is 16.5 Å². The molecule has 1 unspecified atom stereocenters. The van der Waals surface area contributed by atoms with Gasteiger partial charge in [0.1, 0.15) is 17.3 Å². The van der Waals surface area contributed by atoms with Gasteiger partial charge in [0.2, 0.25) is 0 Å². The Morgan fingerprint density at radius 2 is 1.90 bits per heavy atom. The fraction of sp³-hybridized carbons (Fsp3) is 0.294. The second kappa shape index (κ2) is 6.92. The fourth-order valence-electron chi connectivity index (χ4n) is 2.17. The van der Waals surface area contributed by atoms with E-state index in [1.807, 2.05) is 39.0 Å². The summed E-state index contributed by atoms with van der Waals surface area (Å²) >= 11 is 6.19. The Bertz CT molecular complexity index is 630. The molecule has 2 aromatic carbocycles. The highest BCUT2D eigenvalue weighted by Gasteiger charge is 2.14. The number of rotatable bonds is 5. The Labute approximate surface area is 129 Å². The number of hydrogen-bond donors (Lipinski definition) is 1. The number of benzene rings is 2. The lowest BCUT2D eigenvalue weighted by Gasteiger charge is -2.18. The number of aryl methyl sites for hydroxylation is 1. The molecule has 112 valence electrons. The molecular weight excluding hydrogens is 289 g/mol. The van der Waals surface area contributed by atoms with Crippen molar-refractivity contribution in [2.45, 2.75) is 26.8 Å². The van der Waals surface area contributed by atoms with E-state index >= 15 is 0 Å². The van der Waals surface area contributed by atoms with E-state index in [4.69, 9.17) is 16.3 Å². The first-order valence-corrected chi connectivity index (χ1v) is 7.36. The van der Waals surface area contributed by atoms with E-state index in [1.54, 1.807) is 6.07 Å². The third-order valence-electron chi connectivity index (χ3n) is 3.26. The van der Waals surface area contributed by atoms with E-state index < -0.39 is 0 Å². The average molecular weight is 308 g/mol. The number of ether oxygens (including phenoxy) is 1. The van der Waals surface area contributed by atoms with Crippen molar-refractivity contribution in [2.75, 3.05) is 6.54 Å². The summed E-state index contributed by atoms with van der Waals surface area (Å²) in [6, 6.07) is 10.1. The van der Waals surface area contributed by atoms with E-state index in [1.165, 1.54) is 12.1 Å². The first kappa shape index (κ1) is 15.8. The summed E-state index contributed by atoms with van der Waals surface area (Å²) in [5.41, 5.74) is 1.83. The zero-order valence-corrected chi connectivity index (χ0v) is 13.2. The van der Waals surface area contributed by atoms with E-state index in [-0.39, 0.29) is 11.9 Å². The van der Waals surface area contributed by atoms with Crippen molar-refractivity contribution in [2.24, 2.45) is 0 Å². The van der Waals surface area contributed by atoms with Crippen LogP contribution in [-0.4, -0.2) is 6.54 Å². The molecule has 4 heteroatoms. The molecule has 2 aromatic rings. The van der Waals surface area contributed by atoms with E-state index in [2.05, 4.69) is 5.32 Å². The fourth-order valence-corrected chi connectivity index (χ4v) is 2.45. The summed E-state index contributed by atoms with van der Waals surface area (Å²) in [6.45, 7) is 6.74. The monoisotopic (exact) mass is 307 g/mol. The summed E-state index contributed by atoms with van der Waals surface area (Å²) in [7, 11) is 0. The minimum absolute atomic E-state index is 0.00933. The van der Waals surface area contributed by atoms with Crippen LogP contribution in [-0.2, 0) is 0 Å². The molecule has 0 aliphatic heterocycles. The van der Waals surface area contributed by atoms with Gasteiger partial charge >= 0.3 is 0 Å². The summed E-state index contributed by atoms with van der Waals surface area (Å²) < 4.78 is 19.4. The first-order chi connectivity index (χ1) is 10.0. The minimum Gasteiger partial charge on any atom is -0.455 e. The predicted molar refractivity (Wildman–Crippen MR) is 84.8 cm³/mol. The lowest BCUT2D eigenvalue weighted by atomic mass is 10.1. The van der Waals surface area contributed by atoms with Gasteiger partial charge in [-0.15, -0.1) is 0 Å². The second-order valence-corrected chi connectivity index (χ2v) is 5.40. The van der Waals surface area contributed by atoms with Gasteiger partial charge in [-0.2, -0.15) is 0 Å².